The summed E-state index contributed by atoms with van der Waals surface area (Å²) in [6.07, 6.45) is 4.98. The second-order valence-electron chi connectivity index (χ2n) is 7.39. The number of carbonyl (C=O) groups is 1. The minimum Gasteiger partial charge on any atom is -0.488 e. The van der Waals surface area contributed by atoms with Crippen LogP contribution < -0.4 is 26.7 Å². The van der Waals surface area contributed by atoms with E-state index in [2.05, 4.69) is 25.8 Å². The van der Waals surface area contributed by atoms with Crippen LogP contribution in [0.2, 0.25) is 0 Å². The minimum atomic E-state index is -0.748. The average Bonchev–Trinajstić information content (AvgIpc) is 3.10. The molecular weight excluding hydrogens is 424 g/mol. The Balaban J connectivity index is 1.52. The summed E-state index contributed by atoms with van der Waals surface area (Å²) in [5, 5.41) is 14.2. The lowest BCUT2D eigenvalue weighted by Gasteiger charge is -2.55. The molecule has 11 nitrogen and oxygen atoms in total. The van der Waals surface area contributed by atoms with Gasteiger partial charge in [0.05, 0.1) is 26.0 Å². The summed E-state index contributed by atoms with van der Waals surface area (Å²) in [5.41, 5.74) is 5.71. The lowest BCUT2D eigenvalue weighted by Crippen LogP contribution is -2.61. The molecule has 2 fully saturated rings. The smallest absolute Gasteiger partial charge is 0.381 e. The van der Waals surface area contributed by atoms with E-state index in [1.54, 1.807) is 13.0 Å². The molecule has 4 N–H and O–H groups in total. The standard InChI is InChI=1S/C19H22N6O5S/c1-10(4-6-20)21-17-24-25-18(31-17)23-15(26)12-7-11(14(28-2)16(27)30-12)22-13-3-5-19(13)8-29-9-19/h4,6-7,13,22H,3,5,8-9,20H2,1-2H3,(H,23,25,26)/b6-4-,21-10+. The molecular formula is C19H22N6O5S. The highest BCUT2D eigenvalue weighted by Crippen LogP contribution is 2.48. The first-order chi connectivity index (χ1) is 14.9. The Labute approximate surface area is 181 Å². The molecule has 1 unspecified atom stereocenters. The van der Waals surface area contributed by atoms with Gasteiger partial charge in [-0.2, -0.15) is 0 Å². The van der Waals surface area contributed by atoms with E-state index in [0.717, 1.165) is 24.2 Å². The van der Waals surface area contributed by atoms with Gasteiger partial charge in [0.25, 0.3) is 5.91 Å². The maximum atomic E-state index is 12.7. The number of methoxy groups -OCH3 is 1. The van der Waals surface area contributed by atoms with Crippen molar-refractivity contribution in [3.05, 3.63) is 34.5 Å². The van der Waals surface area contributed by atoms with Gasteiger partial charge >= 0.3 is 5.63 Å². The molecule has 1 saturated carbocycles. The van der Waals surface area contributed by atoms with Crippen LogP contribution in [-0.4, -0.2) is 48.2 Å². The second kappa shape index (κ2) is 8.47. The highest BCUT2D eigenvalue weighted by molar-refractivity contribution is 7.18. The molecule has 31 heavy (non-hydrogen) atoms. The van der Waals surface area contributed by atoms with Gasteiger partial charge in [0.2, 0.25) is 16.0 Å². The highest BCUT2D eigenvalue weighted by Gasteiger charge is 2.52. The molecule has 12 heteroatoms. The van der Waals surface area contributed by atoms with E-state index >= 15 is 0 Å². The summed E-state index contributed by atoms with van der Waals surface area (Å²) in [5.74, 6) is -0.785. The minimum absolute atomic E-state index is 0.0230. The Morgan fingerprint density at radius 1 is 1.45 bits per heavy atom. The van der Waals surface area contributed by atoms with Crippen molar-refractivity contribution in [3.63, 3.8) is 0 Å². The number of hydrogen-bond acceptors (Lipinski definition) is 11. The molecule has 0 radical (unpaired) electrons. The number of nitrogens with two attached hydrogens (primary N) is 1. The molecule has 1 aliphatic heterocycles. The molecule has 3 heterocycles. The number of nitrogens with one attached hydrogen (secondary N) is 2. The Hall–Kier alpha value is -3.25. The number of allylic oxidation sites excluding steroid dienone is 1. The Morgan fingerprint density at radius 2 is 2.26 bits per heavy atom. The Morgan fingerprint density at radius 3 is 2.87 bits per heavy atom. The summed E-state index contributed by atoms with van der Waals surface area (Å²) in [7, 11) is 1.38. The molecule has 1 saturated heterocycles. The molecule has 1 aliphatic carbocycles. The first-order valence-electron chi connectivity index (χ1n) is 9.59. The Kier molecular flexibility index (Phi) is 5.74. The predicted molar refractivity (Wildman–Crippen MR) is 115 cm³/mol. The maximum absolute atomic E-state index is 12.7. The van der Waals surface area contributed by atoms with Gasteiger partial charge < -0.3 is 24.9 Å². The molecule has 1 amide bonds. The number of rotatable bonds is 7. The molecule has 1 atom stereocenters. The molecule has 164 valence electrons. The quantitative estimate of drug-likeness (QED) is 0.541. The molecule has 1 spiro atoms. The van der Waals surface area contributed by atoms with Gasteiger partial charge in [-0.3, -0.25) is 10.1 Å². The van der Waals surface area contributed by atoms with E-state index < -0.39 is 11.5 Å². The highest BCUT2D eigenvalue weighted by atomic mass is 32.1. The van der Waals surface area contributed by atoms with Crippen LogP contribution >= 0.6 is 11.3 Å². The fraction of sp³-hybridized carbons (Fsp3) is 0.421. The Bertz CT molecular complexity index is 1100. The first kappa shape index (κ1) is 21.0. The van der Waals surface area contributed by atoms with Crippen LogP contribution in [0.3, 0.4) is 0 Å². The van der Waals surface area contributed by atoms with Gasteiger partial charge in [0.15, 0.2) is 5.76 Å². The van der Waals surface area contributed by atoms with E-state index in [1.165, 1.54) is 19.4 Å². The number of carbonyl (C=O) groups excluding carboxylic acids is 1. The van der Waals surface area contributed by atoms with E-state index in [0.29, 0.717) is 29.7 Å². The van der Waals surface area contributed by atoms with Crippen molar-refractivity contribution >= 4 is 38.9 Å². The monoisotopic (exact) mass is 446 g/mol. The average molecular weight is 446 g/mol. The zero-order valence-corrected chi connectivity index (χ0v) is 17.8. The third kappa shape index (κ3) is 4.16. The third-order valence-electron chi connectivity index (χ3n) is 5.36. The van der Waals surface area contributed by atoms with Crippen molar-refractivity contribution in [2.45, 2.75) is 25.8 Å². The zero-order valence-electron chi connectivity index (χ0n) is 17.0. The number of nitrogens with zero attached hydrogens (tertiary/aromatic N) is 3. The largest absolute Gasteiger partial charge is 0.488 e. The van der Waals surface area contributed by atoms with Crippen LogP contribution in [0.4, 0.5) is 16.0 Å². The second-order valence-corrected chi connectivity index (χ2v) is 8.35. The molecule has 2 aromatic heterocycles. The van der Waals surface area contributed by atoms with Crippen molar-refractivity contribution in [2.75, 3.05) is 31.0 Å². The van der Waals surface area contributed by atoms with Crippen molar-refractivity contribution in [3.8, 4) is 5.75 Å². The molecule has 4 rings (SSSR count). The SMILES string of the molecule is COc1c(NC2CCC23COC3)cc(C(=O)Nc2nnc(/N=C(C)/C=C\N)s2)oc1=O. The van der Waals surface area contributed by atoms with E-state index in [-0.39, 0.29) is 28.1 Å². The predicted octanol–water partition coefficient (Wildman–Crippen LogP) is 1.91. The number of aliphatic imine (C=N–C) groups is 1. The summed E-state index contributed by atoms with van der Waals surface area (Å²) in [6, 6.07) is 1.60. The van der Waals surface area contributed by atoms with Gasteiger partial charge in [0, 0.05) is 23.2 Å². The van der Waals surface area contributed by atoms with Gasteiger partial charge in [-0.05, 0) is 32.0 Å². The topological polar surface area (TPSA) is 154 Å². The van der Waals surface area contributed by atoms with Crippen molar-refractivity contribution in [1.82, 2.24) is 10.2 Å². The van der Waals surface area contributed by atoms with Crippen LogP contribution in [0.15, 0.2) is 32.5 Å². The fourth-order valence-corrected chi connectivity index (χ4v) is 4.18. The van der Waals surface area contributed by atoms with E-state index in [9.17, 15) is 9.59 Å². The fourth-order valence-electron chi connectivity index (χ4n) is 3.51. The van der Waals surface area contributed by atoms with Crippen molar-refractivity contribution < 1.29 is 18.7 Å². The van der Waals surface area contributed by atoms with Crippen LogP contribution in [0.5, 0.6) is 5.75 Å². The summed E-state index contributed by atoms with van der Waals surface area (Å²) in [4.78, 5) is 29.2. The molecule has 2 aromatic rings. The van der Waals surface area contributed by atoms with E-state index in [4.69, 9.17) is 19.6 Å². The van der Waals surface area contributed by atoms with Gasteiger partial charge in [-0.25, -0.2) is 9.79 Å². The van der Waals surface area contributed by atoms with Gasteiger partial charge in [0.1, 0.15) is 0 Å². The number of hydrogen-bond donors (Lipinski definition) is 3. The number of ether oxygens (including phenoxy) is 2. The molecule has 0 aromatic carbocycles. The number of anilines is 2. The van der Waals surface area contributed by atoms with Crippen molar-refractivity contribution in [2.24, 2.45) is 16.1 Å². The maximum Gasteiger partial charge on any atom is 0.381 e. The van der Waals surface area contributed by atoms with E-state index in [1.807, 2.05) is 0 Å². The number of amides is 1. The molecule has 2 aliphatic rings. The lowest BCUT2D eigenvalue weighted by molar-refractivity contribution is -0.163. The van der Waals surface area contributed by atoms with Gasteiger partial charge in [-0.15, -0.1) is 10.2 Å². The summed E-state index contributed by atoms with van der Waals surface area (Å²) >= 11 is 1.07. The van der Waals surface area contributed by atoms with Crippen molar-refractivity contribution in [1.29, 1.82) is 0 Å². The van der Waals surface area contributed by atoms with Crippen LogP contribution in [0.25, 0.3) is 0 Å². The van der Waals surface area contributed by atoms with Gasteiger partial charge in [-0.1, -0.05) is 11.3 Å². The lowest BCUT2D eigenvalue weighted by atomic mass is 9.63. The first-order valence-corrected chi connectivity index (χ1v) is 10.4. The third-order valence-corrected chi connectivity index (χ3v) is 6.09. The molecule has 0 bridgehead atoms. The summed E-state index contributed by atoms with van der Waals surface area (Å²) in [6.45, 7) is 3.12. The normalized spacial score (nSPS) is 19.7. The van der Waals surface area contributed by atoms with Crippen LogP contribution in [-0.2, 0) is 4.74 Å². The number of aromatic nitrogens is 2. The van der Waals surface area contributed by atoms with Crippen LogP contribution in [0, 0.1) is 5.41 Å². The van der Waals surface area contributed by atoms with Crippen LogP contribution in [0.1, 0.15) is 30.3 Å². The zero-order chi connectivity index (χ0) is 22.0. The summed E-state index contributed by atoms with van der Waals surface area (Å²) < 4.78 is 15.7.